The first-order chi connectivity index (χ1) is 8.76. The fourth-order valence-electron chi connectivity index (χ4n) is 2.32. The lowest BCUT2D eigenvalue weighted by molar-refractivity contribution is 0.370. The van der Waals surface area contributed by atoms with E-state index in [0.29, 0.717) is 6.01 Å². The molecule has 0 fully saturated rings. The number of methoxy groups -OCH3 is 1. The molecule has 4 heteroatoms. The van der Waals surface area contributed by atoms with Crippen molar-refractivity contribution < 1.29 is 4.74 Å². The van der Waals surface area contributed by atoms with Gasteiger partial charge in [0.15, 0.2) is 0 Å². The van der Waals surface area contributed by atoms with E-state index in [9.17, 15) is 0 Å². The highest BCUT2D eigenvalue weighted by atomic mass is 16.5. The molecule has 94 valence electrons. The Bertz CT molecular complexity index is 600. The first-order valence-electron chi connectivity index (χ1n) is 6.18. The lowest BCUT2D eigenvalue weighted by Crippen LogP contribution is -2.23. The molecule has 0 saturated heterocycles. The van der Waals surface area contributed by atoms with E-state index in [-0.39, 0.29) is 0 Å². The molecule has 0 unspecified atom stereocenters. The normalized spacial score (nSPS) is 16.9. The Kier molecular flexibility index (Phi) is 2.80. The number of benzene rings is 1. The molecule has 0 bridgehead atoms. The Morgan fingerprint density at radius 2 is 2.28 bits per heavy atom. The van der Waals surface area contributed by atoms with E-state index in [1.165, 1.54) is 11.1 Å². The Hall–Kier alpha value is -1.81. The van der Waals surface area contributed by atoms with E-state index in [2.05, 4.69) is 40.1 Å². The summed E-state index contributed by atoms with van der Waals surface area (Å²) in [4.78, 5) is 9.81. The third-order valence-electron chi connectivity index (χ3n) is 3.44. The van der Waals surface area contributed by atoms with E-state index >= 15 is 0 Å². The minimum atomic E-state index is 0.569. The second kappa shape index (κ2) is 4.46. The second-order valence-electron chi connectivity index (χ2n) is 4.72. The van der Waals surface area contributed by atoms with Gasteiger partial charge in [-0.15, -0.1) is 0 Å². The van der Waals surface area contributed by atoms with Crippen LogP contribution in [0.25, 0.3) is 16.6 Å². The van der Waals surface area contributed by atoms with Crippen LogP contribution in [0.5, 0.6) is 6.01 Å². The molecular weight excluding hydrogens is 226 g/mol. The Morgan fingerprint density at radius 1 is 1.39 bits per heavy atom. The standard InChI is InChI=1S/C14H17N3O/c1-17-7-5-10(6-8-17)11-3-4-12-13(9-11)16-14(15-12)18-2/h3-5,9H,6-8H2,1-2H3,(H,15,16). The molecule has 18 heavy (non-hydrogen) atoms. The van der Waals surface area contributed by atoms with Crippen molar-refractivity contribution >= 4 is 16.6 Å². The van der Waals surface area contributed by atoms with Crippen molar-refractivity contribution in [1.82, 2.24) is 14.9 Å². The van der Waals surface area contributed by atoms with E-state index in [1.54, 1.807) is 7.11 Å². The molecule has 1 aromatic heterocycles. The molecular formula is C14H17N3O. The number of hydrogen-bond donors (Lipinski definition) is 1. The van der Waals surface area contributed by atoms with E-state index in [0.717, 1.165) is 30.5 Å². The van der Waals surface area contributed by atoms with Crippen molar-refractivity contribution in [2.45, 2.75) is 6.42 Å². The predicted octanol–water partition coefficient (Wildman–Crippen LogP) is 2.29. The summed E-state index contributed by atoms with van der Waals surface area (Å²) in [6.45, 7) is 2.15. The summed E-state index contributed by atoms with van der Waals surface area (Å²) in [7, 11) is 3.77. The molecule has 1 aliphatic rings. The number of aromatic amines is 1. The molecule has 2 heterocycles. The van der Waals surface area contributed by atoms with Gasteiger partial charge in [0.1, 0.15) is 0 Å². The lowest BCUT2D eigenvalue weighted by Gasteiger charge is -2.22. The van der Waals surface area contributed by atoms with Crippen LogP contribution in [-0.2, 0) is 0 Å². The average Bonchev–Trinajstić information content (AvgIpc) is 2.81. The first kappa shape index (κ1) is 11.3. The van der Waals surface area contributed by atoms with Gasteiger partial charge in [-0.3, -0.25) is 0 Å². The summed E-state index contributed by atoms with van der Waals surface area (Å²) in [5, 5.41) is 0. The quantitative estimate of drug-likeness (QED) is 0.879. The highest BCUT2D eigenvalue weighted by molar-refractivity contribution is 5.81. The lowest BCUT2D eigenvalue weighted by atomic mass is 9.99. The van der Waals surface area contributed by atoms with E-state index < -0.39 is 0 Å². The number of H-pyrrole nitrogens is 1. The smallest absolute Gasteiger partial charge is 0.294 e. The predicted molar refractivity (Wildman–Crippen MR) is 72.7 cm³/mol. The molecule has 4 nitrogen and oxygen atoms in total. The van der Waals surface area contributed by atoms with Gasteiger partial charge in [-0.25, -0.2) is 0 Å². The van der Waals surface area contributed by atoms with Crippen LogP contribution in [0.1, 0.15) is 12.0 Å². The van der Waals surface area contributed by atoms with Crippen molar-refractivity contribution in [1.29, 1.82) is 0 Å². The van der Waals surface area contributed by atoms with Gasteiger partial charge in [-0.05, 0) is 36.7 Å². The van der Waals surface area contributed by atoms with Gasteiger partial charge in [-0.2, -0.15) is 4.98 Å². The molecule has 1 N–H and O–H groups in total. The second-order valence-corrected chi connectivity index (χ2v) is 4.72. The van der Waals surface area contributed by atoms with Crippen molar-refractivity contribution in [3.63, 3.8) is 0 Å². The van der Waals surface area contributed by atoms with Crippen LogP contribution in [0.15, 0.2) is 24.3 Å². The summed E-state index contributed by atoms with van der Waals surface area (Å²) in [6, 6.07) is 6.91. The maximum atomic E-state index is 5.11. The molecule has 0 amide bonds. The maximum Gasteiger partial charge on any atom is 0.294 e. The largest absolute Gasteiger partial charge is 0.468 e. The van der Waals surface area contributed by atoms with Crippen LogP contribution in [0, 0.1) is 0 Å². The van der Waals surface area contributed by atoms with E-state index in [4.69, 9.17) is 4.74 Å². The minimum Gasteiger partial charge on any atom is -0.468 e. The van der Waals surface area contributed by atoms with Crippen LogP contribution >= 0.6 is 0 Å². The van der Waals surface area contributed by atoms with Crippen LogP contribution in [0.4, 0.5) is 0 Å². The van der Waals surface area contributed by atoms with Gasteiger partial charge >= 0.3 is 0 Å². The zero-order chi connectivity index (χ0) is 12.5. The summed E-state index contributed by atoms with van der Waals surface area (Å²) in [5.41, 5.74) is 4.68. The summed E-state index contributed by atoms with van der Waals surface area (Å²) < 4.78 is 5.11. The Labute approximate surface area is 106 Å². The zero-order valence-electron chi connectivity index (χ0n) is 10.7. The van der Waals surface area contributed by atoms with Gasteiger partial charge < -0.3 is 14.6 Å². The highest BCUT2D eigenvalue weighted by Crippen LogP contribution is 2.25. The summed E-state index contributed by atoms with van der Waals surface area (Å²) >= 11 is 0. The molecule has 3 rings (SSSR count). The molecule has 0 spiro atoms. The van der Waals surface area contributed by atoms with Crippen molar-refractivity contribution in [3.05, 3.63) is 29.8 Å². The molecule has 0 radical (unpaired) electrons. The van der Waals surface area contributed by atoms with Gasteiger partial charge in [0.2, 0.25) is 0 Å². The number of imidazole rings is 1. The Morgan fingerprint density at radius 3 is 3.00 bits per heavy atom. The summed E-state index contributed by atoms with van der Waals surface area (Å²) in [6.07, 6.45) is 3.41. The Balaban J connectivity index is 1.97. The number of aromatic nitrogens is 2. The van der Waals surface area contributed by atoms with E-state index in [1.807, 2.05) is 6.07 Å². The van der Waals surface area contributed by atoms with Crippen molar-refractivity contribution in [3.8, 4) is 6.01 Å². The van der Waals surface area contributed by atoms with Crippen molar-refractivity contribution in [2.75, 3.05) is 27.2 Å². The zero-order valence-corrected chi connectivity index (χ0v) is 10.7. The number of ether oxygens (including phenoxy) is 1. The van der Waals surface area contributed by atoms with Gasteiger partial charge in [0, 0.05) is 13.1 Å². The molecule has 0 aliphatic carbocycles. The number of fused-ring (bicyclic) bond motifs is 1. The fraction of sp³-hybridized carbons (Fsp3) is 0.357. The number of likely N-dealkylation sites (N-methyl/N-ethyl adjacent to an activating group) is 1. The fourth-order valence-corrected chi connectivity index (χ4v) is 2.32. The maximum absolute atomic E-state index is 5.11. The molecule has 1 aromatic carbocycles. The summed E-state index contributed by atoms with van der Waals surface area (Å²) in [5.74, 6) is 0. The van der Waals surface area contributed by atoms with Crippen LogP contribution in [0.3, 0.4) is 0 Å². The molecule has 0 saturated carbocycles. The third kappa shape index (κ3) is 1.99. The van der Waals surface area contributed by atoms with Crippen LogP contribution in [0.2, 0.25) is 0 Å². The van der Waals surface area contributed by atoms with Gasteiger partial charge in [0.25, 0.3) is 6.01 Å². The highest BCUT2D eigenvalue weighted by Gasteiger charge is 2.11. The van der Waals surface area contributed by atoms with Gasteiger partial charge in [-0.1, -0.05) is 12.1 Å². The third-order valence-corrected chi connectivity index (χ3v) is 3.44. The van der Waals surface area contributed by atoms with Crippen LogP contribution in [-0.4, -0.2) is 42.1 Å². The number of rotatable bonds is 2. The number of hydrogen-bond acceptors (Lipinski definition) is 3. The number of nitrogens with one attached hydrogen (secondary N) is 1. The molecule has 1 aliphatic heterocycles. The van der Waals surface area contributed by atoms with Gasteiger partial charge in [0.05, 0.1) is 18.1 Å². The number of nitrogens with zero attached hydrogens (tertiary/aromatic N) is 2. The first-order valence-corrected chi connectivity index (χ1v) is 6.18. The average molecular weight is 243 g/mol. The minimum absolute atomic E-state index is 0.569. The monoisotopic (exact) mass is 243 g/mol. The molecule has 0 atom stereocenters. The molecule has 2 aromatic rings. The topological polar surface area (TPSA) is 41.1 Å². The van der Waals surface area contributed by atoms with Crippen molar-refractivity contribution in [2.24, 2.45) is 0 Å². The van der Waals surface area contributed by atoms with Crippen LogP contribution < -0.4 is 4.74 Å². The SMILES string of the molecule is COc1nc2ccc(C3=CCN(C)CC3)cc2[nH]1.